The van der Waals surface area contributed by atoms with Crippen molar-refractivity contribution in [1.82, 2.24) is 4.98 Å². The molecule has 0 atom stereocenters. The number of carbonyl (C=O) groups excluding carboxylic acids is 2. The Bertz CT molecular complexity index is 1690. The second-order valence-corrected chi connectivity index (χ2v) is 9.57. The topological polar surface area (TPSA) is 136 Å². The first kappa shape index (κ1) is 31.3. The Kier molecular flexibility index (Phi) is 9.53. The van der Waals surface area contributed by atoms with Crippen LogP contribution >= 0.6 is 0 Å². The van der Waals surface area contributed by atoms with Crippen LogP contribution in [0.5, 0.6) is 23.0 Å². The molecule has 43 heavy (non-hydrogen) atoms. The molecule has 10 nitrogen and oxygen atoms in total. The maximum atomic E-state index is 15.1. The monoisotopic (exact) mass is 585 g/mol. The molecular weight excluding hydrogens is 559 g/mol. The molecule has 0 saturated heterocycles. The number of benzene rings is 3. The van der Waals surface area contributed by atoms with Gasteiger partial charge in [0.2, 0.25) is 11.8 Å². The molecule has 3 aromatic carbocycles. The number of pyridine rings is 1. The van der Waals surface area contributed by atoms with Crippen molar-refractivity contribution >= 4 is 40.1 Å². The van der Waals surface area contributed by atoms with Crippen molar-refractivity contribution in [2.24, 2.45) is 5.41 Å². The molecule has 1 heterocycles. The van der Waals surface area contributed by atoms with Gasteiger partial charge in [0.15, 0.2) is 23.1 Å². The van der Waals surface area contributed by atoms with Crippen LogP contribution in [0, 0.1) is 17.0 Å². The summed E-state index contributed by atoms with van der Waals surface area (Å²) >= 11 is 0. The quantitative estimate of drug-likeness (QED) is 0.181. The van der Waals surface area contributed by atoms with Crippen molar-refractivity contribution in [3.05, 3.63) is 78.5 Å². The Balaban J connectivity index is 0.00000264. The van der Waals surface area contributed by atoms with Gasteiger partial charge in [-0.1, -0.05) is 0 Å². The van der Waals surface area contributed by atoms with Crippen molar-refractivity contribution in [2.75, 3.05) is 24.4 Å². The molecule has 5 rings (SSSR count). The van der Waals surface area contributed by atoms with E-state index in [-0.39, 0.29) is 50.5 Å². The molecule has 3 N–H and O–H groups in total. The van der Waals surface area contributed by atoms with Crippen molar-refractivity contribution in [3.63, 3.8) is 0 Å². The van der Waals surface area contributed by atoms with E-state index in [1.165, 1.54) is 49.7 Å². The normalized spacial score (nSPS) is 12.9. The van der Waals surface area contributed by atoms with Crippen molar-refractivity contribution in [3.8, 4) is 23.0 Å². The maximum Gasteiger partial charge on any atom is 1.00 e. The van der Waals surface area contributed by atoms with Crippen molar-refractivity contribution in [2.45, 2.75) is 19.3 Å². The third-order valence-electron chi connectivity index (χ3n) is 6.69. The molecule has 2 amide bonds. The summed E-state index contributed by atoms with van der Waals surface area (Å²) in [5.74, 6) is -2.59. The number of hydrogen-bond acceptors (Lipinski definition) is 7. The Morgan fingerprint density at radius 2 is 1.58 bits per heavy atom. The van der Waals surface area contributed by atoms with Gasteiger partial charge in [-0.3, -0.25) is 19.4 Å². The van der Waals surface area contributed by atoms with E-state index in [0.29, 0.717) is 40.9 Å². The van der Waals surface area contributed by atoms with Gasteiger partial charge < -0.3 is 31.4 Å². The molecule has 1 aliphatic carbocycles. The first-order valence-corrected chi connectivity index (χ1v) is 12.9. The first-order valence-electron chi connectivity index (χ1n) is 12.9. The van der Waals surface area contributed by atoms with Crippen molar-refractivity contribution in [1.29, 1.82) is 0 Å². The van der Waals surface area contributed by atoms with Crippen LogP contribution in [0.3, 0.4) is 0 Å². The Labute approximate surface area is 258 Å². The minimum atomic E-state index is -1.30. The molecule has 1 fully saturated rings. The van der Waals surface area contributed by atoms with E-state index in [1.807, 2.05) is 0 Å². The predicted octanol–water partition coefficient (Wildman–Crippen LogP) is 2.64. The summed E-state index contributed by atoms with van der Waals surface area (Å²) in [6, 6.07) is 13.8. The fraction of sp³-hybridized carbons (Fsp3) is 0.200. The van der Waals surface area contributed by atoms with Gasteiger partial charge in [0.1, 0.15) is 17.0 Å². The van der Waals surface area contributed by atoms with Gasteiger partial charge in [-0.15, -0.1) is 0 Å². The number of amides is 2. The Hall–Kier alpha value is -4.66. The van der Waals surface area contributed by atoms with Crippen LogP contribution < -0.4 is 43.7 Å². The standard InChI is InChI=1S/C30H25F2N3O7.Li.H/c1-40-25-15-20-22(16-26(25)41-13-9-27(36)37)33-12-8-23(20)42-24-7-6-19(14-21(24)32)35-29(39)30(10-11-30)28(38)34-18-4-2-17(31)3-5-18;;/h2-8,12,14-16H,9-11,13H2,1H3,(H,34,38)(H,35,39)(H,36,37);;/q;+1;-1. The van der Waals surface area contributed by atoms with E-state index in [9.17, 15) is 18.8 Å². The summed E-state index contributed by atoms with van der Waals surface area (Å²) in [7, 11) is 1.42. The molecule has 0 bridgehead atoms. The maximum absolute atomic E-state index is 15.1. The number of ether oxygens (including phenoxy) is 3. The fourth-order valence-electron chi connectivity index (χ4n) is 4.23. The van der Waals surface area contributed by atoms with Crippen molar-refractivity contribution < 1.29 is 62.8 Å². The number of carboxylic acid groups (broad SMARTS) is 1. The average Bonchev–Trinajstić information content (AvgIpc) is 3.78. The molecule has 1 saturated carbocycles. The second kappa shape index (κ2) is 13.1. The summed E-state index contributed by atoms with van der Waals surface area (Å²) in [5.41, 5.74) is -0.367. The van der Waals surface area contributed by atoms with Crippen LogP contribution in [0.2, 0.25) is 0 Å². The Morgan fingerprint density at radius 1 is 0.907 bits per heavy atom. The molecule has 4 aromatic rings. The van der Waals surface area contributed by atoms with Gasteiger partial charge in [0.25, 0.3) is 0 Å². The fourth-order valence-corrected chi connectivity index (χ4v) is 4.23. The zero-order valence-corrected chi connectivity index (χ0v) is 23.3. The molecule has 0 radical (unpaired) electrons. The molecule has 0 spiro atoms. The molecule has 0 unspecified atom stereocenters. The molecule has 0 aliphatic heterocycles. The number of nitrogens with zero attached hydrogens (tertiary/aromatic N) is 1. The van der Waals surface area contributed by atoms with Crippen LogP contribution in [0.15, 0.2) is 66.9 Å². The van der Waals surface area contributed by atoms with E-state index in [2.05, 4.69) is 15.6 Å². The van der Waals surface area contributed by atoms with E-state index < -0.39 is 34.8 Å². The number of aromatic nitrogens is 1. The largest absolute Gasteiger partial charge is 1.00 e. The average molecular weight is 585 g/mol. The van der Waals surface area contributed by atoms with Crippen LogP contribution in [0.4, 0.5) is 20.2 Å². The summed E-state index contributed by atoms with van der Waals surface area (Å²) < 4.78 is 45.0. The van der Waals surface area contributed by atoms with Gasteiger partial charge in [-0.25, -0.2) is 8.78 Å². The number of aliphatic carboxylic acids is 1. The van der Waals surface area contributed by atoms with E-state index in [0.717, 1.165) is 6.07 Å². The number of hydrogen-bond donors (Lipinski definition) is 3. The minimum absolute atomic E-state index is 0. The zero-order chi connectivity index (χ0) is 29.9. The van der Waals surface area contributed by atoms with Crippen LogP contribution in [-0.4, -0.2) is 41.6 Å². The summed E-state index contributed by atoms with van der Waals surface area (Å²) in [5, 5.41) is 14.5. The molecule has 1 aliphatic rings. The minimum Gasteiger partial charge on any atom is -1.00 e. The first-order chi connectivity index (χ1) is 20.2. The summed E-state index contributed by atoms with van der Waals surface area (Å²) in [6.45, 7) is -0.0679. The third kappa shape index (κ3) is 7.05. The molecule has 13 heteroatoms. The third-order valence-corrected chi connectivity index (χ3v) is 6.69. The molecule has 1 aromatic heterocycles. The summed E-state index contributed by atoms with van der Waals surface area (Å²) in [4.78, 5) is 40.8. The number of carbonyl (C=O) groups is 3. The van der Waals surface area contributed by atoms with Gasteiger partial charge in [0.05, 0.1) is 25.7 Å². The van der Waals surface area contributed by atoms with Crippen LogP contribution in [0.25, 0.3) is 10.9 Å². The van der Waals surface area contributed by atoms with E-state index >= 15 is 4.39 Å². The number of fused-ring (bicyclic) bond motifs is 1. The number of methoxy groups -OCH3 is 1. The van der Waals surface area contributed by atoms with Gasteiger partial charge in [0, 0.05) is 35.1 Å². The second-order valence-electron chi connectivity index (χ2n) is 9.57. The van der Waals surface area contributed by atoms with Gasteiger partial charge in [-0.05, 0) is 61.4 Å². The number of carboxylic acids is 1. The zero-order valence-electron chi connectivity index (χ0n) is 24.3. The van der Waals surface area contributed by atoms with E-state index in [1.54, 1.807) is 18.2 Å². The predicted molar refractivity (Wildman–Crippen MR) is 149 cm³/mol. The number of anilines is 2. The van der Waals surface area contributed by atoms with Crippen LogP contribution in [0.1, 0.15) is 20.7 Å². The molecule has 218 valence electrons. The number of halogens is 2. The summed E-state index contributed by atoms with van der Waals surface area (Å²) in [6.07, 6.45) is 1.91. The smallest absolute Gasteiger partial charge is 1.00 e. The number of nitrogens with one attached hydrogen (secondary N) is 2. The number of rotatable bonds is 11. The Morgan fingerprint density at radius 3 is 2.21 bits per heavy atom. The van der Waals surface area contributed by atoms with Crippen LogP contribution in [-0.2, 0) is 14.4 Å². The van der Waals surface area contributed by atoms with E-state index in [4.69, 9.17) is 19.3 Å². The molecular formula is C30H26F2LiN3O7. The van der Waals surface area contributed by atoms with Gasteiger partial charge >= 0.3 is 24.8 Å². The van der Waals surface area contributed by atoms with Gasteiger partial charge in [-0.2, -0.15) is 0 Å². The SMILES string of the molecule is COc1cc2c(Oc3ccc(NC(=O)C4(C(=O)Nc5ccc(F)cc5)CC4)cc3F)ccnc2cc1OCCC(=O)O.[H-].[Li+].